The topological polar surface area (TPSA) is 37.8 Å². The summed E-state index contributed by atoms with van der Waals surface area (Å²) in [4.78, 5) is 9.86. The number of hydrogen-bond donors (Lipinski definition) is 1. The predicted octanol–water partition coefficient (Wildman–Crippen LogP) is 4.08. The molecule has 2 atom stereocenters. The van der Waals surface area contributed by atoms with E-state index in [9.17, 15) is 0 Å². The smallest absolute Gasteiger partial charge is 0.134 e. The van der Waals surface area contributed by atoms with Crippen LogP contribution in [0.25, 0.3) is 0 Å². The normalized spacial score (nSPS) is 26.1. The van der Waals surface area contributed by atoms with Crippen molar-refractivity contribution in [1.29, 1.82) is 0 Å². The van der Waals surface area contributed by atoms with Gasteiger partial charge in [0.1, 0.15) is 11.6 Å². The molecule has 0 spiro atoms. The summed E-state index contributed by atoms with van der Waals surface area (Å²) < 4.78 is 0. The number of nitrogens with zero attached hydrogens (tertiary/aromatic N) is 2. The highest BCUT2D eigenvalue weighted by Crippen LogP contribution is 2.39. The Kier molecular flexibility index (Phi) is 4.23. The first-order valence-corrected chi connectivity index (χ1v) is 8.39. The highest BCUT2D eigenvalue weighted by atomic mass is 15.0. The van der Waals surface area contributed by atoms with E-state index in [1.165, 1.54) is 56.2 Å². The van der Waals surface area contributed by atoms with Gasteiger partial charge in [0, 0.05) is 24.2 Å². The molecular formula is C17H27N3. The molecule has 0 saturated heterocycles. The van der Waals surface area contributed by atoms with Crippen LogP contribution in [0.1, 0.15) is 74.9 Å². The van der Waals surface area contributed by atoms with Crippen molar-refractivity contribution in [3.05, 3.63) is 17.1 Å². The monoisotopic (exact) mass is 273 g/mol. The molecule has 3 rings (SSSR count). The highest BCUT2D eigenvalue weighted by Gasteiger charge is 2.28. The van der Waals surface area contributed by atoms with Gasteiger partial charge in [-0.1, -0.05) is 19.8 Å². The number of aromatic nitrogens is 2. The fourth-order valence-corrected chi connectivity index (χ4v) is 3.86. The maximum Gasteiger partial charge on any atom is 0.134 e. The van der Waals surface area contributed by atoms with Crippen LogP contribution in [-0.4, -0.2) is 17.0 Å². The summed E-state index contributed by atoms with van der Waals surface area (Å²) in [7, 11) is 2.00. The standard InChI is InChI=1S/C17H27N3/c1-3-12-9-10-13(11-12)16-19-15-8-6-4-5-7-14(15)17(18-2)20-16/h12-13H,3-11H2,1-2H3,(H,18,19,20). The van der Waals surface area contributed by atoms with Crippen LogP contribution in [0.4, 0.5) is 5.82 Å². The van der Waals surface area contributed by atoms with E-state index in [1.54, 1.807) is 0 Å². The molecule has 3 heteroatoms. The average molecular weight is 273 g/mol. The van der Waals surface area contributed by atoms with E-state index in [2.05, 4.69) is 12.2 Å². The van der Waals surface area contributed by atoms with E-state index < -0.39 is 0 Å². The molecule has 0 radical (unpaired) electrons. The second-order valence-electron chi connectivity index (χ2n) is 6.45. The van der Waals surface area contributed by atoms with Gasteiger partial charge in [-0.25, -0.2) is 9.97 Å². The molecule has 1 N–H and O–H groups in total. The van der Waals surface area contributed by atoms with Crippen LogP contribution in [0, 0.1) is 5.92 Å². The molecule has 1 aromatic heterocycles. The van der Waals surface area contributed by atoms with E-state index in [-0.39, 0.29) is 0 Å². The summed E-state index contributed by atoms with van der Waals surface area (Å²) in [5.74, 6) is 3.71. The van der Waals surface area contributed by atoms with Crippen molar-refractivity contribution in [3.8, 4) is 0 Å². The summed E-state index contributed by atoms with van der Waals surface area (Å²) in [5.41, 5.74) is 2.72. The summed E-state index contributed by atoms with van der Waals surface area (Å²) in [6.45, 7) is 2.31. The maximum atomic E-state index is 4.98. The van der Waals surface area contributed by atoms with Crippen molar-refractivity contribution in [1.82, 2.24) is 9.97 Å². The largest absolute Gasteiger partial charge is 0.373 e. The zero-order valence-electron chi connectivity index (χ0n) is 12.9. The Labute approximate surface area is 122 Å². The Hall–Kier alpha value is -1.12. The van der Waals surface area contributed by atoms with Gasteiger partial charge in [-0.15, -0.1) is 0 Å². The number of aryl methyl sites for hydroxylation is 1. The number of nitrogens with one attached hydrogen (secondary N) is 1. The van der Waals surface area contributed by atoms with Crippen molar-refractivity contribution in [2.45, 2.75) is 70.6 Å². The van der Waals surface area contributed by atoms with Crippen LogP contribution < -0.4 is 5.32 Å². The second-order valence-corrected chi connectivity index (χ2v) is 6.45. The zero-order chi connectivity index (χ0) is 13.9. The first-order chi connectivity index (χ1) is 9.81. The van der Waals surface area contributed by atoms with Gasteiger partial charge in [-0.3, -0.25) is 0 Å². The van der Waals surface area contributed by atoms with E-state index >= 15 is 0 Å². The molecule has 0 bridgehead atoms. The Bertz CT molecular complexity index is 470. The number of fused-ring (bicyclic) bond motifs is 1. The molecule has 0 aliphatic heterocycles. The average Bonchev–Trinajstić information content (AvgIpc) is 2.84. The lowest BCUT2D eigenvalue weighted by atomic mass is 10.0. The summed E-state index contributed by atoms with van der Waals surface area (Å²) in [6.07, 6.45) is 11.4. The van der Waals surface area contributed by atoms with Crippen LogP contribution in [0.5, 0.6) is 0 Å². The maximum absolute atomic E-state index is 4.98. The van der Waals surface area contributed by atoms with Crippen LogP contribution >= 0.6 is 0 Å². The van der Waals surface area contributed by atoms with Crippen LogP contribution in [-0.2, 0) is 12.8 Å². The minimum Gasteiger partial charge on any atom is -0.373 e. The lowest BCUT2D eigenvalue weighted by Crippen LogP contribution is -2.11. The summed E-state index contributed by atoms with van der Waals surface area (Å²) in [5, 5.41) is 3.32. The molecular weight excluding hydrogens is 246 g/mol. The van der Waals surface area contributed by atoms with Gasteiger partial charge in [0.25, 0.3) is 0 Å². The van der Waals surface area contributed by atoms with Gasteiger partial charge in [0.05, 0.1) is 0 Å². The lowest BCUT2D eigenvalue weighted by Gasteiger charge is -2.16. The SMILES string of the molecule is CCC1CCC(c2nc3c(c(NC)n2)CCCCC3)C1. The molecule has 1 heterocycles. The van der Waals surface area contributed by atoms with Gasteiger partial charge in [-0.2, -0.15) is 0 Å². The summed E-state index contributed by atoms with van der Waals surface area (Å²) in [6, 6.07) is 0. The van der Waals surface area contributed by atoms with Crippen molar-refractivity contribution < 1.29 is 0 Å². The number of hydrogen-bond acceptors (Lipinski definition) is 3. The Morgan fingerprint density at radius 1 is 1.10 bits per heavy atom. The number of anilines is 1. The molecule has 1 saturated carbocycles. The molecule has 20 heavy (non-hydrogen) atoms. The summed E-state index contributed by atoms with van der Waals surface area (Å²) >= 11 is 0. The Morgan fingerprint density at radius 2 is 1.95 bits per heavy atom. The first kappa shape index (κ1) is 13.8. The van der Waals surface area contributed by atoms with Crippen molar-refractivity contribution in [2.24, 2.45) is 5.92 Å². The minimum absolute atomic E-state index is 0.598. The third-order valence-electron chi connectivity index (χ3n) is 5.17. The van der Waals surface area contributed by atoms with Crippen molar-refractivity contribution >= 4 is 5.82 Å². The Morgan fingerprint density at radius 3 is 2.70 bits per heavy atom. The molecule has 110 valence electrons. The fraction of sp³-hybridized carbons (Fsp3) is 0.765. The molecule has 1 fully saturated rings. The third kappa shape index (κ3) is 2.68. The first-order valence-electron chi connectivity index (χ1n) is 8.39. The van der Waals surface area contributed by atoms with Gasteiger partial charge < -0.3 is 5.32 Å². The van der Waals surface area contributed by atoms with Gasteiger partial charge in [0.2, 0.25) is 0 Å². The van der Waals surface area contributed by atoms with Gasteiger partial charge >= 0.3 is 0 Å². The van der Waals surface area contributed by atoms with Gasteiger partial charge in [-0.05, 0) is 50.9 Å². The van der Waals surface area contributed by atoms with Gasteiger partial charge in [0.15, 0.2) is 0 Å². The highest BCUT2D eigenvalue weighted by molar-refractivity contribution is 5.47. The second kappa shape index (κ2) is 6.11. The molecule has 0 aromatic carbocycles. The molecule has 2 unspecified atom stereocenters. The van der Waals surface area contributed by atoms with Crippen LogP contribution in [0.15, 0.2) is 0 Å². The van der Waals surface area contributed by atoms with E-state index in [4.69, 9.17) is 9.97 Å². The molecule has 1 aromatic rings. The molecule has 2 aliphatic carbocycles. The quantitative estimate of drug-likeness (QED) is 0.843. The van der Waals surface area contributed by atoms with Crippen LogP contribution in [0.2, 0.25) is 0 Å². The van der Waals surface area contributed by atoms with Crippen molar-refractivity contribution in [3.63, 3.8) is 0 Å². The minimum atomic E-state index is 0.598. The lowest BCUT2D eigenvalue weighted by molar-refractivity contribution is 0.516. The molecule has 3 nitrogen and oxygen atoms in total. The van der Waals surface area contributed by atoms with E-state index in [0.717, 1.165) is 30.4 Å². The number of rotatable bonds is 3. The fourth-order valence-electron chi connectivity index (χ4n) is 3.86. The zero-order valence-corrected chi connectivity index (χ0v) is 12.9. The van der Waals surface area contributed by atoms with Crippen molar-refractivity contribution in [2.75, 3.05) is 12.4 Å². The van der Waals surface area contributed by atoms with E-state index in [1.807, 2.05) is 7.05 Å². The third-order valence-corrected chi connectivity index (χ3v) is 5.17. The van der Waals surface area contributed by atoms with Crippen LogP contribution in [0.3, 0.4) is 0 Å². The molecule has 2 aliphatic rings. The Balaban J connectivity index is 1.90. The van der Waals surface area contributed by atoms with E-state index in [0.29, 0.717) is 5.92 Å². The molecule has 0 amide bonds. The predicted molar refractivity (Wildman–Crippen MR) is 83.2 cm³/mol.